The van der Waals surface area contributed by atoms with Gasteiger partial charge in [0.1, 0.15) is 0 Å². The number of hydrogen-bond donors (Lipinski definition) is 1. The van der Waals surface area contributed by atoms with E-state index in [1.165, 1.54) is 17.4 Å². The van der Waals surface area contributed by atoms with E-state index in [9.17, 15) is 4.79 Å². The number of nitrogens with zero attached hydrogens (tertiary/aromatic N) is 1. The van der Waals surface area contributed by atoms with Crippen LogP contribution in [0.3, 0.4) is 0 Å². The second-order valence-electron chi connectivity index (χ2n) is 5.99. The van der Waals surface area contributed by atoms with Gasteiger partial charge in [0.25, 0.3) is 0 Å². The van der Waals surface area contributed by atoms with Crippen molar-refractivity contribution >= 4 is 16.8 Å². The zero-order valence-corrected chi connectivity index (χ0v) is 12.1. The van der Waals surface area contributed by atoms with Crippen molar-refractivity contribution in [3.63, 3.8) is 0 Å². The van der Waals surface area contributed by atoms with Crippen LogP contribution in [0.15, 0.2) is 30.5 Å². The van der Waals surface area contributed by atoms with E-state index in [1.54, 1.807) is 0 Å². The lowest BCUT2D eigenvalue weighted by molar-refractivity contribution is -0.132. The number of H-pyrrole nitrogens is 1. The molecule has 1 unspecified atom stereocenters. The summed E-state index contributed by atoms with van der Waals surface area (Å²) in [6.07, 6.45) is 5.83. The molecule has 1 saturated heterocycles. The number of piperidine rings is 1. The fourth-order valence-corrected chi connectivity index (χ4v) is 3.08. The summed E-state index contributed by atoms with van der Waals surface area (Å²) in [5, 5.41) is 1.22. The monoisotopic (exact) mass is 270 g/mol. The maximum atomic E-state index is 12.3. The van der Waals surface area contributed by atoms with Gasteiger partial charge in [-0.15, -0.1) is 0 Å². The van der Waals surface area contributed by atoms with Gasteiger partial charge in [-0.25, -0.2) is 0 Å². The van der Waals surface area contributed by atoms with E-state index in [-0.39, 0.29) is 0 Å². The first-order valence-electron chi connectivity index (χ1n) is 7.56. The van der Waals surface area contributed by atoms with E-state index in [2.05, 4.69) is 36.2 Å². The largest absolute Gasteiger partial charge is 0.361 e. The molecule has 1 aromatic carbocycles. The molecule has 2 heterocycles. The Morgan fingerprint density at radius 3 is 3.15 bits per heavy atom. The van der Waals surface area contributed by atoms with Gasteiger partial charge in [0.05, 0.1) is 0 Å². The molecule has 20 heavy (non-hydrogen) atoms. The number of rotatable bonds is 3. The van der Waals surface area contributed by atoms with Gasteiger partial charge in [-0.05, 0) is 54.3 Å². The average Bonchev–Trinajstić information content (AvgIpc) is 2.92. The van der Waals surface area contributed by atoms with E-state index in [4.69, 9.17) is 0 Å². The fourth-order valence-electron chi connectivity index (χ4n) is 3.08. The van der Waals surface area contributed by atoms with Crippen LogP contribution >= 0.6 is 0 Å². The highest BCUT2D eigenvalue weighted by Crippen LogP contribution is 2.18. The minimum atomic E-state index is 0.311. The van der Waals surface area contributed by atoms with Gasteiger partial charge in [0, 0.05) is 31.2 Å². The van der Waals surface area contributed by atoms with E-state index >= 15 is 0 Å². The van der Waals surface area contributed by atoms with Crippen molar-refractivity contribution < 1.29 is 4.79 Å². The van der Waals surface area contributed by atoms with Crippen LogP contribution in [0, 0.1) is 5.92 Å². The Kier molecular flexibility index (Phi) is 3.77. The van der Waals surface area contributed by atoms with Crippen molar-refractivity contribution in [1.82, 2.24) is 9.88 Å². The van der Waals surface area contributed by atoms with Crippen LogP contribution in [0.2, 0.25) is 0 Å². The van der Waals surface area contributed by atoms with Crippen molar-refractivity contribution in [2.75, 3.05) is 13.1 Å². The number of benzene rings is 1. The van der Waals surface area contributed by atoms with Crippen LogP contribution in [0.1, 0.15) is 31.7 Å². The molecular weight excluding hydrogens is 248 g/mol. The molecule has 1 fully saturated rings. The maximum Gasteiger partial charge on any atom is 0.222 e. The number of aromatic nitrogens is 1. The molecule has 1 aliphatic heterocycles. The second-order valence-corrected chi connectivity index (χ2v) is 5.99. The van der Waals surface area contributed by atoms with Crippen molar-refractivity contribution in [1.29, 1.82) is 0 Å². The fraction of sp³-hybridized carbons (Fsp3) is 0.471. The number of amides is 1. The zero-order chi connectivity index (χ0) is 13.9. The van der Waals surface area contributed by atoms with Crippen molar-refractivity contribution in [2.45, 2.75) is 32.6 Å². The number of likely N-dealkylation sites (tertiary alicyclic amines) is 1. The van der Waals surface area contributed by atoms with Gasteiger partial charge in [0.2, 0.25) is 5.91 Å². The number of carbonyl (C=O) groups excluding carboxylic acids is 1. The van der Waals surface area contributed by atoms with Crippen molar-refractivity contribution in [3.8, 4) is 0 Å². The lowest BCUT2D eigenvalue weighted by Gasteiger charge is -2.31. The van der Waals surface area contributed by atoms with Crippen LogP contribution in [0.25, 0.3) is 10.9 Å². The van der Waals surface area contributed by atoms with E-state index < -0.39 is 0 Å². The Bertz CT molecular complexity index is 602. The third-order valence-electron chi connectivity index (χ3n) is 4.25. The molecule has 1 atom stereocenters. The number of fused-ring (bicyclic) bond motifs is 1. The molecule has 3 nitrogen and oxygen atoms in total. The molecule has 0 saturated carbocycles. The molecule has 0 aliphatic carbocycles. The minimum absolute atomic E-state index is 0.311. The van der Waals surface area contributed by atoms with Crippen molar-refractivity contribution in [2.24, 2.45) is 5.92 Å². The van der Waals surface area contributed by atoms with Crippen LogP contribution < -0.4 is 0 Å². The molecule has 3 heteroatoms. The van der Waals surface area contributed by atoms with Gasteiger partial charge in [0.15, 0.2) is 0 Å². The van der Waals surface area contributed by atoms with Gasteiger partial charge >= 0.3 is 0 Å². The molecule has 1 aromatic heterocycles. The molecule has 1 amide bonds. The highest BCUT2D eigenvalue weighted by molar-refractivity contribution is 5.80. The molecular formula is C17H22N2O. The summed E-state index contributed by atoms with van der Waals surface area (Å²) in [5.41, 5.74) is 2.40. The zero-order valence-electron chi connectivity index (χ0n) is 12.1. The molecule has 1 N–H and O–H groups in total. The summed E-state index contributed by atoms with van der Waals surface area (Å²) < 4.78 is 0. The second kappa shape index (κ2) is 5.70. The number of nitrogens with one attached hydrogen (secondary N) is 1. The van der Waals surface area contributed by atoms with Crippen molar-refractivity contribution in [3.05, 3.63) is 36.0 Å². The summed E-state index contributed by atoms with van der Waals surface area (Å²) in [6, 6.07) is 8.47. The lowest BCUT2D eigenvalue weighted by Crippen LogP contribution is -2.39. The number of hydrogen-bond acceptors (Lipinski definition) is 1. The van der Waals surface area contributed by atoms with E-state index in [0.29, 0.717) is 18.2 Å². The molecule has 106 valence electrons. The van der Waals surface area contributed by atoms with Gasteiger partial charge in [-0.2, -0.15) is 0 Å². The Balaban J connectivity index is 1.59. The van der Waals surface area contributed by atoms with Crippen LogP contribution in [-0.4, -0.2) is 28.9 Å². The van der Waals surface area contributed by atoms with Gasteiger partial charge in [-0.3, -0.25) is 4.79 Å². The third kappa shape index (κ3) is 2.87. The Morgan fingerprint density at radius 2 is 2.30 bits per heavy atom. The molecule has 0 spiro atoms. The molecule has 3 rings (SSSR count). The highest BCUT2D eigenvalue weighted by atomic mass is 16.2. The SMILES string of the molecule is CC1CCCN(C(=O)CCc2ccc3[nH]ccc3c2)C1. The van der Waals surface area contributed by atoms with E-state index in [1.807, 2.05) is 11.1 Å². The maximum absolute atomic E-state index is 12.3. The minimum Gasteiger partial charge on any atom is -0.361 e. The lowest BCUT2D eigenvalue weighted by atomic mass is 9.99. The average molecular weight is 270 g/mol. The summed E-state index contributed by atoms with van der Waals surface area (Å²) in [5.74, 6) is 0.967. The normalized spacial score (nSPS) is 19.4. The first-order valence-corrected chi connectivity index (χ1v) is 7.56. The smallest absolute Gasteiger partial charge is 0.222 e. The number of aromatic amines is 1. The summed E-state index contributed by atoms with van der Waals surface area (Å²) in [6.45, 7) is 4.12. The highest BCUT2D eigenvalue weighted by Gasteiger charge is 2.20. The van der Waals surface area contributed by atoms with Crippen LogP contribution in [-0.2, 0) is 11.2 Å². The first kappa shape index (κ1) is 13.2. The molecule has 0 bridgehead atoms. The Labute approximate surface area is 120 Å². The van der Waals surface area contributed by atoms with Crippen LogP contribution in [0.4, 0.5) is 0 Å². The summed E-state index contributed by atoms with van der Waals surface area (Å²) in [7, 11) is 0. The topological polar surface area (TPSA) is 36.1 Å². The molecule has 2 aromatic rings. The Hall–Kier alpha value is -1.77. The quantitative estimate of drug-likeness (QED) is 0.912. The standard InChI is InChI=1S/C17H22N2O/c1-13-3-2-10-19(12-13)17(20)7-5-14-4-6-16-15(11-14)8-9-18-16/h4,6,8-9,11,13,18H,2-3,5,7,10,12H2,1H3. The number of carbonyl (C=O) groups is 1. The van der Waals surface area contributed by atoms with Gasteiger partial charge < -0.3 is 9.88 Å². The first-order chi connectivity index (χ1) is 9.72. The van der Waals surface area contributed by atoms with E-state index in [0.717, 1.165) is 31.4 Å². The molecule has 0 radical (unpaired) electrons. The van der Waals surface area contributed by atoms with Gasteiger partial charge in [-0.1, -0.05) is 13.0 Å². The predicted octanol–water partition coefficient (Wildman–Crippen LogP) is 3.36. The van der Waals surface area contributed by atoms with Crippen LogP contribution in [0.5, 0.6) is 0 Å². The predicted molar refractivity (Wildman–Crippen MR) is 81.6 cm³/mol. The molecule has 1 aliphatic rings. The Morgan fingerprint density at radius 1 is 1.40 bits per heavy atom. The summed E-state index contributed by atoms with van der Waals surface area (Å²) in [4.78, 5) is 17.5. The third-order valence-corrected chi connectivity index (χ3v) is 4.25. The summed E-state index contributed by atoms with van der Waals surface area (Å²) >= 11 is 0. The number of aryl methyl sites for hydroxylation is 1.